The van der Waals surface area contributed by atoms with Gasteiger partial charge in [-0.1, -0.05) is 248 Å². The van der Waals surface area contributed by atoms with Crippen LogP contribution in [0.15, 0.2) is 243 Å². The van der Waals surface area contributed by atoms with Crippen LogP contribution in [0.3, 0.4) is 0 Å². The van der Waals surface area contributed by atoms with Crippen LogP contribution in [0, 0.1) is 12.1 Å². The van der Waals surface area contributed by atoms with Crippen molar-refractivity contribution in [1.29, 1.82) is 0 Å². The molecule has 8 heteroatoms. The molecule has 12 aromatic rings. The molecule has 0 N–H and O–H groups in total. The summed E-state index contributed by atoms with van der Waals surface area (Å²) in [6, 6.07) is 80.3. The second-order valence-corrected chi connectivity index (χ2v) is 22.8. The van der Waals surface area contributed by atoms with Gasteiger partial charge < -0.3 is 19.9 Å². The molecule has 0 fully saturated rings. The Kier molecular flexibility index (Phi) is 23.7. The van der Waals surface area contributed by atoms with Crippen LogP contribution in [-0.2, 0) is 45.6 Å². The molecule has 89 heavy (non-hydrogen) atoms. The maximum atomic E-state index is 13.0. The summed E-state index contributed by atoms with van der Waals surface area (Å²) in [5.74, 6) is -0.0946. The number of unbranched alkanes of at least 4 members (excludes halogenated alkanes) is 10. The average molecular weight is 1520 g/mol. The fourth-order valence-corrected chi connectivity index (χ4v) is 12.5. The van der Waals surface area contributed by atoms with E-state index in [4.69, 9.17) is 0 Å². The van der Waals surface area contributed by atoms with Gasteiger partial charge in [0.25, 0.3) is 0 Å². The molecule has 0 spiro atoms. The summed E-state index contributed by atoms with van der Waals surface area (Å²) in [6.45, 7) is 4.57. The number of hydrogen-bond acceptors (Lipinski definition) is 4. The van der Waals surface area contributed by atoms with Gasteiger partial charge in [-0.3, -0.25) is 9.59 Å². The van der Waals surface area contributed by atoms with E-state index in [1.54, 1.807) is 36.7 Å². The topological polar surface area (TPSA) is 88.1 Å². The fraction of sp³-hybridized carbons (Fsp3) is 0.210. The van der Waals surface area contributed by atoms with Gasteiger partial charge in [0.05, 0.1) is 0 Å². The molecular formula is C81H74Ir2N4O2-4. The first-order chi connectivity index (χ1) is 42.9. The Labute approximate surface area is 552 Å². The minimum absolute atomic E-state index is 0. The van der Waals surface area contributed by atoms with Crippen LogP contribution in [0.1, 0.15) is 147 Å². The number of benzene rings is 8. The number of hydrogen-bond donors (Lipinski definition) is 0. The molecule has 0 saturated carbocycles. The van der Waals surface area contributed by atoms with Crippen molar-refractivity contribution in [3.63, 3.8) is 0 Å². The number of ketones is 2. The Morgan fingerprint density at radius 2 is 0.798 bits per heavy atom. The van der Waals surface area contributed by atoms with Gasteiger partial charge in [-0.2, -0.15) is 12.4 Å². The van der Waals surface area contributed by atoms with Crippen LogP contribution >= 0.6 is 0 Å². The zero-order chi connectivity index (χ0) is 59.6. The average Bonchev–Trinajstić information content (AvgIpc) is 1.59. The summed E-state index contributed by atoms with van der Waals surface area (Å²) in [7, 11) is 0. The molecular weight excluding hydrogens is 1450 g/mol. The number of carbonyl (C=O) groups is 2. The Hall–Kier alpha value is -8.22. The maximum Gasteiger partial charge on any atom is 0.171 e. The zero-order valence-electron chi connectivity index (χ0n) is 50.8. The summed E-state index contributed by atoms with van der Waals surface area (Å²) in [5.41, 5.74) is 16.5. The van der Waals surface area contributed by atoms with E-state index in [-0.39, 0.29) is 57.2 Å². The second kappa shape index (κ2) is 32.3. The standard InChI is InChI=1S/C51H56N2O2.2C15H10N.2Ir/c1-3-5-7-9-11-13-31-51(32-14-12-10-8-6-4-2)45-35-41(37-19-23-39(24-20-37)49(54)47-17-15-33-52-47)27-29-43(45)44-30-28-42(36-46(44)51)38-21-25-40(26-22-38)50(55)48-18-16-34-53-48;2*1-2-7-13(8-3-1)15-14-9-5-4-6-12(14)10-11-16-15;;/h15-30,33-36H,3-14,31-32H2,1-2H3,(H2,52,53,54,55);2*1-7,9-11H;;/q;2*-1;;/p-2. The molecule has 0 atom stereocenters. The molecule has 0 unspecified atom stereocenters. The van der Waals surface area contributed by atoms with Gasteiger partial charge in [0.1, 0.15) is 0 Å². The molecule has 1 aliphatic rings. The Balaban J connectivity index is 0.000000222. The van der Waals surface area contributed by atoms with Crippen molar-refractivity contribution in [2.45, 2.75) is 109 Å². The third kappa shape index (κ3) is 15.6. The smallest absolute Gasteiger partial charge is 0.171 e. The van der Waals surface area contributed by atoms with Crippen molar-refractivity contribution in [1.82, 2.24) is 19.9 Å². The number of pyridine rings is 2. The predicted octanol–water partition coefficient (Wildman–Crippen LogP) is 20.6. The molecule has 0 saturated heterocycles. The minimum Gasteiger partial charge on any atom is -0.661 e. The van der Waals surface area contributed by atoms with E-state index in [1.807, 2.05) is 122 Å². The van der Waals surface area contributed by atoms with Crippen molar-refractivity contribution in [2.75, 3.05) is 0 Å². The molecule has 4 heterocycles. The largest absolute Gasteiger partial charge is 0.661 e. The van der Waals surface area contributed by atoms with E-state index in [0.717, 1.165) is 46.5 Å². The fourth-order valence-electron chi connectivity index (χ4n) is 12.5. The van der Waals surface area contributed by atoms with Gasteiger partial charge in [-0.15, -0.1) is 71.8 Å². The van der Waals surface area contributed by atoms with Crippen LogP contribution < -0.4 is 9.97 Å². The molecule has 1 aliphatic carbocycles. The van der Waals surface area contributed by atoms with E-state index >= 15 is 0 Å². The monoisotopic (exact) mass is 1520 g/mol. The third-order valence-corrected chi connectivity index (χ3v) is 17.1. The number of carbonyl (C=O) groups excluding carboxylic acids is 2. The van der Waals surface area contributed by atoms with E-state index in [2.05, 4.69) is 131 Å². The molecule has 0 bridgehead atoms. The van der Waals surface area contributed by atoms with Crippen molar-refractivity contribution in [3.8, 4) is 55.9 Å². The minimum atomic E-state index is -0.0923. The van der Waals surface area contributed by atoms with Gasteiger partial charge in [0, 0.05) is 69.1 Å². The Bertz CT molecular complexity index is 3880. The van der Waals surface area contributed by atoms with Gasteiger partial charge in [0.15, 0.2) is 11.6 Å². The summed E-state index contributed by atoms with van der Waals surface area (Å²) < 4.78 is 0. The van der Waals surface area contributed by atoms with E-state index in [9.17, 15) is 9.59 Å². The van der Waals surface area contributed by atoms with E-state index < -0.39 is 0 Å². The predicted molar refractivity (Wildman–Crippen MR) is 358 cm³/mol. The molecule has 452 valence electrons. The van der Waals surface area contributed by atoms with Crippen LogP contribution in [0.25, 0.3) is 77.4 Å². The van der Waals surface area contributed by atoms with Crippen molar-refractivity contribution < 1.29 is 49.8 Å². The zero-order valence-corrected chi connectivity index (χ0v) is 55.6. The maximum absolute atomic E-state index is 13.0. The van der Waals surface area contributed by atoms with Crippen molar-refractivity contribution >= 4 is 33.1 Å². The first-order valence-electron chi connectivity index (χ1n) is 31.3. The Morgan fingerprint density at radius 3 is 1.19 bits per heavy atom. The quantitative estimate of drug-likeness (QED) is 0.0382. The van der Waals surface area contributed by atoms with Gasteiger partial charge in [0.2, 0.25) is 0 Å². The first-order valence-corrected chi connectivity index (χ1v) is 31.3. The van der Waals surface area contributed by atoms with Crippen LogP contribution in [-0.4, -0.2) is 21.5 Å². The summed E-state index contributed by atoms with van der Waals surface area (Å²) in [4.78, 5) is 43.4. The van der Waals surface area contributed by atoms with E-state index in [1.165, 1.54) is 132 Å². The van der Waals surface area contributed by atoms with Crippen LogP contribution in [0.2, 0.25) is 0 Å². The molecule has 0 aliphatic heterocycles. The summed E-state index contributed by atoms with van der Waals surface area (Å²) in [6.07, 6.45) is 24.5. The van der Waals surface area contributed by atoms with Gasteiger partial charge >= 0.3 is 0 Å². The Morgan fingerprint density at radius 1 is 0.404 bits per heavy atom. The normalized spacial score (nSPS) is 11.7. The summed E-state index contributed by atoms with van der Waals surface area (Å²) in [5, 5.41) is 4.77. The van der Waals surface area contributed by atoms with Crippen molar-refractivity contribution in [2.24, 2.45) is 0 Å². The van der Waals surface area contributed by atoms with Crippen LogP contribution in [0.4, 0.5) is 0 Å². The SMILES string of the molecule is CCCCCCCCC1(CCCCCCCC)c2cc(-c3ccc(C(=O)c4ccc[n-]4)cc3)ccc2-c2ccc(-c3ccc(C(=O)c4ccc[n-]4)cc3)cc21.[Ir].[Ir].[c-]1ccccc1-c1nccc2ccccc12.[c-]1ccccc1-c1nccc2ccccc12. The molecule has 0 amide bonds. The molecule has 2 radical (unpaired) electrons. The third-order valence-electron chi connectivity index (χ3n) is 17.1. The number of nitrogens with zero attached hydrogens (tertiary/aromatic N) is 4. The number of rotatable bonds is 22. The molecule has 8 aromatic carbocycles. The molecule has 4 aromatic heterocycles. The van der Waals surface area contributed by atoms with Gasteiger partial charge in [-0.05, 0) is 115 Å². The van der Waals surface area contributed by atoms with Crippen molar-refractivity contribution in [3.05, 3.63) is 289 Å². The van der Waals surface area contributed by atoms with Gasteiger partial charge in [-0.25, -0.2) is 0 Å². The molecule has 13 rings (SSSR count). The van der Waals surface area contributed by atoms with Crippen LogP contribution in [0.5, 0.6) is 0 Å². The number of fused-ring (bicyclic) bond motifs is 5. The summed E-state index contributed by atoms with van der Waals surface area (Å²) >= 11 is 0. The molecule has 6 nitrogen and oxygen atoms in total. The van der Waals surface area contributed by atoms with E-state index in [0.29, 0.717) is 22.5 Å². The number of aromatic nitrogens is 4. The second-order valence-electron chi connectivity index (χ2n) is 22.8. The first kappa shape index (κ1) is 65.2.